The number of aromatic carboxylic acids is 1. The van der Waals surface area contributed by atoms with E-state index in [1.54, 1.807) is 6.07 Å². The summed E-state index contributed by atoms with van der Waals surface area (Å²) in [5.74, 6) is -1.26. The number of hydrogen-bond acceptors (Lipinski definition) is 6. The van der Waals surface area contributed by atoms with Gasteiger partial charge in [-0.2, -0.15) is 5.26 Å². The molecule has 21 heavy (non-hydrogen) atoms. The summed E-state index contributed by atoms with van der Waals surface area (Å²) in [4.78, 5) is 24.7. The summed E-state index contributed by atoms with van der Waals surface area (Å²) >= 11 is 0. The first-order chi connectivity index (χ1) is 10.0. The van der Waals surface area contributed by atoms with Gasteiger partial charge in [-0.15, -0.1) is 0 Å². The predicted molar refractivity (Wildman–Crippen MR) is 69.1 cm³/mol. The Hall–Kier alpha value is -3.47. The van der Waals surface area contributed by atoms with Crippen molar-refractivity contribution in [1.82, 2.24) is 4.98 Å². The molecule has 104 valence electrons. The molecule has 0 atom stereocenters. The number of carboxylic acid groups (broad SMARTS) is 1. The highest BCUT2D eigenvalue weighted by molar-refractivity contribution is 5.87. The van der Waals surface area contributed by atoms with Crippen LogP contribution in [0.4, 0.5) is 5.69 Å². The van der Waals surface area contributed by atoms with E-state index in [4.69, 9.17) is 15.1 Å². The molecule has 0 aliphatic heterocycles. The Morgan fingerprint density at radius 1 is 1.33 bits per heavy atom. The minimum absolute atomic E-state index is 0.0515. The van der Waals surface area contributed by atoms with E-state index >= 15 is 0 Å². The van der Waals surface area contributed by atoms with E-state index in [0.717, 1.165) is 0 Å². The van der Waals surface area contributed by atoms with Crippen molar-refractivity contribution in [2.24, 2.45) is 0 Å². The number of ether oxygens (including phenoxy) is 1. The van der Waals surface area contributed by atoms with Gasteiger partial charge in [0.15, 0.2) is 0 Å². The van der Waals surface area contributed by atoms with Crippen LogP contribution in [0.2, 0.25) is 0 Å². The summed E-state index contributed by atoms with van der Waals surface area (Å²) in [6, 6.07) is 8.16. The lowest BCUT2D eigenvalue weighted by molar-refractivity contribution is -0.386. The highest BCUT2D eigenvalue weighted by Gasteiger charge is 2.23. The van der Waals surface area contributed by atoms with Gasteiger partial charge in [-0.05, 0) is 30.3 Å². The van der Waals surface area contributed by atoms with Gasteiger partial charge < -0.3 is 9.84 Å². The van der Waals surface area contributed by atoms with Crippen molar-refractivity contribution < 1.29 is 19.6 Å². The van der Waals surface area contributed by atoms with Crippen LogP contribution < -0.4 is 4.74 Å². The predicted octanol–water partition coefficient (Wildman–Crippen LogP) is 2.35. The lowest BCUT2D eigenvalue weighted by Crippen LogP contribution is -1.99. The summed E-state index contributed by atoms with van der Waals surface area (Å²) < 4.78 is 5.25. The van der Waals surface area contributed by atoms with E-state index < -0.39 is 16.6 Å². The maximum absolute atomic E-state index is 11.0. The molecule has 0 aliphatic carbocycles. The van der Waals surface area contributed by atoms with Crippen LogP contribution in [0.15, 0.2) is 36.5 Å². The van der Waals surface area contributed by atoms with Gasteiger partial charge in [0.1, 0.15) is 17.4 Å². The molecule has 0 amide bonds. The Morgan fingerprint density at radius 3 is 2.52 bits per heavy atom. The molecule has 0 saturated heterocycles. The fraction of sp³-hybridized carbons (Fsp3) is 0. The van der Waals surface area contributed by atoms with E-state index in [1.807, 2.05) is 0 Å². The van der Waals surface area contributed by atoms with Crippen LogP contribution >= 0.6 is 0 Å². The second-order valence-corrected chi connectivity index (χ2v) is 3.81. The Morgan fingerprint density at radius 2 is 2.00 bits per heavy atom. The average Bonchev–Trinajstić information content (AvgIpc) is 2.47. The SMILES string of the molecule is N#Cc1ccnc(Oc2ccc(C(=O)O)cc2)c1[N+](=O)[O-]. The number of aromatic nitrogens is 1. The number of benzene rings is 1. The van der Waals surface area contributed by atoms with Crippen molar-refractivity contribution in [2.75, 3.05) is 0 Å². The zero-order valence-corrected chi connectivity index (χ0v) is 10.4. The van der Waals surface area contributed by atoms with Crippen molar-refractivity contribution in [1.29, 1.82) is 5.26 Å². The summed E-state index contributed by atoms with van der Waals surface area (Å²) in [7, 11) is 0. The molecule has 0 radical (unpaired) electrons. The first-order valence-electron chi connectivity index (χ1n) is 5.57. The molecule has 8 nitrogen and oxygen atoms in total. The molecular weight excluding hydrogens is 278 g/mol. The Kier molecular flexibility index (Phi) is 3.76. The zero-order valence-electron chi connectivity index (χ0n) is 10.4. The fourth-order valence-corrected chi connectivity index (χ4v) is 1.55. The van der Waals surface area contributed by atoms with Crippen LogP contribution in [-0.2, 0) is 0 Å². The Balaban J connectivity index is 2.38. The fourth-order valence-electron chi connectivity index (χ4n) is 1.55. The molecule has 0 fully saturated rings. The van der Waals surface area contributed by atoms with Gasteiger partial charge in [0.25, 0.3) is 0 Å². The monoisotopic (exact) mass is 285 g/mol. The molecule has 1 aromatic carbocycles. The quantitative estimate of drug-likeness (QED) is 0.674. The largest absolute Gasteiger partial charge is 0.478 e. The minimum Gasteiger partial charge on any atom is -0.478 e. The maximum atomic E-state index is 11.0. The lowest BCUT2D eigenvalue weighted by atomic mass is 10.2. The molecule has 0 spiro atoms. The number of hydrogen-bond donors (Lipinski definition) is 1. The van der Waals surface area contributed by atoms with Crippen molar-refractivity contribution >= 4 is 11.7 Å². The smallest absolute Gasteiger partial charge is 0.348 e. The molecular formula is C13H7N3O5. The van der Waals surface area contributed by atoms with E-state index in [0.29, 0.717) is 0 Å². The third-order valence-corrected chi connectivity index (χ3v) is 2.51. The number of rotatable bonds is 4. The topological polar surface area (TPSA) is 126 Å². The number of carbonyl (C=O) groups is 1. The molecule has 0 saturated carbocycles. The van der Waals surface area contributed by atoms with Crippen LogP contribution in [0.25, 0.3) is 0 Å². The van der Waals surface area contributed by atoms with Crippen LogP contribution in [0.1, 0.15) is 15.9 Å². The van der Waals surface area contributed by atoms with Gasteiger partial charge in [0.05, 0.1) is 10.5 Å². The van der Waals surface area contributed by atoms with Crippen LogP contribution in [0.3, 0.4) is 0 Å². The lowest BCUT2D eigenvalue weighted by Gasteiger charge is -2.06. The molecule has 2 rings (SSSR count). The van der Waals surface area contributed by atoms with Crippen molar-refractivity contribution in [3.8, 4) is 17.7 Å². The zero-order chi connectivity index (χ0) is 15.4. The van der Waals surface area contributed by atoms with Crippen LogP contribution in [0.5, 0.6) is 11.6 Å². The van der Waals surface area contributed by atoms with Crippen molar-refractivity contribution in [3.63, 3.8) is 0 Å². The van der Waals surface area contributed by atoms with E-state index in [-0.39, 0.29) is 22.8 Å². The van der Waals surface area contributed by atoms with Crippen molar-refractivity contribution in [2.45, 2.75) is 0 Å². The molecule has 2 aromatic rings. The third kappa shape index (κ3) is 2.93. The van der Waals surface area contributed by atoms with Gasteiger partial charge in [-0.3, -0.25) is 10.1 Å². The Bertz CT molecular complexity index is 749. The van der Waals surface area contributed by atoms with Gasteiger partial charge in [-0.1, -0.05) is 0 Å². The summed E-state index contributed by atoms with van der Waals surface area (Å²) in [5, 5.41) is 28.6. The highest BCUT2D eigenvalue weighted by Crippen LogP contribution is 2.31. The van der Waals surface area contributed by atoms with E-state index in [2.05, 4.69) is 4.98 Å². The summed E-state index contributed by atoms with van der Waals surface area (Å²) in [6.45, 7) is 0. The first kappa shape index (κ1) is 14.0. The molecule has 0 unspecified atom stereocenters. The molecule has 0 aliphatic rings. The van der Waals surface area contributed by atoms with E-state index in [1.165, 1.54) is 36.5 Å². The number of nitriles is 1. The molecule has 1 heterocycles. The number of carboxylic acids is 1. The van der Waals surface area contributed by atoms with Crippen molar-refractivity contribution in [3.05, 3.63) is 57.8 Å². The standard InChI is InChI=1S/C13H7N3O5/c14-7-9-5-6-15-12(11(9)16(19)20)21-10-3-1-8(2-4-10)13(17)18/h1-6H,(H,17,18). The summed E-state index contributed by atoms with van der Waals surface area (Å²) in [5.41, 5.74) is -0.662. The average molecular weight is 285 g/mol. The maximum Gasteiger partial charge on any atom is 0.348 e. The van der Waals surface area contributed by atoms with Gasteiger partial charge in [-0.25, -0.2) is 9.78 Å². The van der Waals surface area contributed by atoms with E-state index in [9.17, 15) is 14.9 Å². The Labute approximate surface area is 118 Å². The summed E-state index contributed by atoms with van der Waals surface area (Å²) in [6.07, 6.45) is 1.21. The molecule has 0 bridgehead atoms. The number of pyridine rings is 1. The van der Waals surface area contributed by atoms with Gasteiger partial charge in [0, 0.05) is 6.20 Å². The normalized spacial score (nSPS) is 9.67. The van der Waals surface area contributed by atoms with Crippen LogP contribution in [0, 0.1) is 21.4 Å². The highest BCUT2D eigenvalue weighted by atomic mass is 16.6. The second kappa shape index (κ2) is 5.66. The second-order valence-electron chi connectivity index (χ2n) is 3.81. The van der Waals surface area contributed by atoms with Gasteiger partial charge in [0.2, 0.25) is 0 Å². The van der Waals surface area contributed by atoms with Crippen LogP contribution in [-0.4, -0.2) is 21.0 Å². The number of nitro groups is 1. The first-order valence-corrected chi connectivity index (χ1v) is 5.57. The number of nitrogens with zero attached hydrogens (tertiary/aromatic N) is 3. The molecule has 8 heteroatoms. The third-order valence-electron chi connectivity index (χ3n) is 2.51. The molecule has 1 aromatic heterocycles. The molecule has 1 N–H and O–H groups in total. The van der Waals surface area contributed by atoms with Gasteiger partial charge >= 0.3 is 17.5 Å². The minimum atomic E-state index is -1.10.